The van der Waals surface area contributed by atoms with Crippen molar-refractivity contribution < 1.29 is 4.42 Å². The van der Waals surface area contributed by atoms with Crippen LogP contribution >= 0.6 is 0 Å². The predicted molar refractivity (Wildman–Crippen MR) is 265 cm³/mol. The van der Waals surface area contributed by atoms with E-state index in [0.29, 0.717) is 0 Å². The SMILES string of the molecule is CC1(C)c2ccccc2-c2ccc(-c3ccc(N(c4ccccc4-c4ccc5c(c4)oc4ccccc45)c4ccccc4-c4cccc5cccc(-c6ccccc6)c45)cc3)cc21. The van der Waals surface area contributed by atoms with Crippen molar-refractivity contribution in [2.24, 2.45) is 0 Å². The highest BCUT2D eigenvalue weighted by Crippen LogP contribution is 2.51. The first-order valence-corrected chi connectivity index (χ1v) is 21.8. The van der Waals surface area contributed by atoms with Gasteiger partial charge >= 0.3 is 0 Å². The van der Waals surface area contributed by atoms with Crippen LogP contribution in [0.5, 0.6) is 0 Å². The molecule has 2 heteroatoms. The molecule has 10 aromatic carbocycles. The Morgan fingerprint density at radius 3 is 1.75 bits per heavy atom. The van der Waals surface area contributed by atoms with Crippen LogP contribution in [-0.2, 0) is 5.41 Å². The molecule has 0 atom stereocenters. The van der Waals surface area contributed by atoms with E-state index in [-0.39, 0.29) is 5.41 Å². The molecule has 1 aromatic heterocycles. The number of benzene rings is 10. The van der Waals surface area contributed by atoms with E-state index in [0.717, 1.165) is 55.7 Å². The van der Waals surface area contributed by atoms with Gasteiger partial charge in [-0.3, -0.25) is 0 Å². The van der Waals surface area contributed by atoms with Crippen LogP contribution in [0.2, 0.25) is 0 Å². The van der Waals surface area contributed by atoms with E-state index in [1.165, 1.54) is 60.8 Å². The number of rotatable bonds is 7. The van der Waals surface area contributed by atoms with E-state index < -0.39 is 0 Å². The largest absolute Gasteiger partial charge is 0.456 e. The number of fused-ring (bicyclic) bond motifs is 7. The first-order chi connectivity index (χ1) is 31.0. The topological polar surface area (TPSA) is 16.4 Å². The van der Waals surface area contributed by atoms with Crippen molar-refractivity contribution in [2.45, 2.75) is 19.3 Å². The molecule has 0 spiro atoms. The lowest BCUT2D eigenvalue weighted by Gasteiger charge is -2.30. The number of anilines is 3. The van der Waals surface area contributed by atoms with Gasteiger partial charge in [-0.05, 0) is 115 Å². The van der Waals surface area contributed by atoms with Gasteiger partial charge in [0.25, 0.3) is 0 Å². The smallest absolute Gasteiger partial charge is 0.136 e. The van der Waals surface area contributed by atoms with Crippen LogP contribution < -0.4 is 4.90 Å². The summed E-state index contributed by atoms with van der Waals surface area (Å²) >= 11 is 0. The van der Waals surface area contributed by atoms with Crippen molar-refractivity contribution in [1.82, 2.24) is 0 Å². The van der Waals surface area contributed by atoms with Gasteiger partial charge in [0, 0.05) is 33.0 Å². The third-order valence-corrected chi connectivity index (χ3v) is 13.3. The highest BCUT2D eigenvalue weighted by Gasteiger charge is 2.35. The molecular weight excluding hydrogens is 763 g/mol. The van der Waals surface area contributed by atoms with Crippen LogP contribution in [0.4, 0.5) is 17.1 Å². The molecule has 0 aliphatic heterocycles. The molecule has 63 heavy (non-hydrogen) atoms. The van der Waals surface area contributed by atoms with Gasteiger partial charge in [0.2, 0.25) is 0 Å². The summed E-state index contributed by atoms with van der Waals surface area (Å²) in [6, 6.07) is 81.7. The van der Waals surface area contributed by atoms with Crippen LogP contribution in [-0.4, -0.2) is 0 Å². The quantitative estimate of drug-likeness (QED) is 0.160. The van der Waals surface area contributed by atoms with Crippen molar-refractivity contribution in [1.29, 1.82) is 0 Å². The molecule has 1 aliphatic rings. The van der Waals surface area contributed by atoms with Crippen molar-refractivity contribution in [3.8, 4) is 55.6 Å². The minimum atomic E-state index is -0.0700. The molecule has 0 saturated heterocycles. The second-order valence-corrected chi connectivity index (χ2v) is 17.2. The summed E-state index contributed by atoms with van der Waals surface area (Å²) in [5, 5.41) is 4.69. The molecular formula is C61H43NO. The minimum absolute atomic E-state index is 0.0700. The molecule has 2 nitrogen and oxygen atoms in total. The van der Waals surface area contributed by atoms with Gasteiger partial charge in [-0.1, -0.05) is 190 Å². The van der Waals surface area contributed by atoms with Gasteiger partial charge in [-0.25, -0.2) is 0 Å². The predicted octanol–water partition coefficient (Wildman–Crippen LogP) is 17.2. The molecule has 0 N–H and O–H groups in total. The van der Waals surface area contributed by atoms with Crippen LogP contribution in [0.3, 0.4) is 0 Å². The summed E-state index contributed by atoms with van der Waals surface area (Å²) in [6.07, 6.45) is 0. The number of hydrogen-bond donors (Lipinski definition) is 0. The Kier molecular flexibility index (Phi) is 8.55. The molecule has 0 fully saturated rings. The fourth-order valence-corrected chi connectivity index (χ4v) is 10.2. The van der Waals surface area contributed by atoms with Gasteiger partial charge in [0.05, 0.1) is 11.4 Å². The van der Waals surface area contributed by atoms with E-state index in [4.69, 9.17) is 4.42 Å². The maximum atomic E-state index is 6.45. The van der Waals surface area contributed by atoms with E-state index in [2.05, 4.69) is 231 Å². The first kappa shape index (κ1) is 36.9. The highest BCUT2D eigenvalue weighted by atomic mass is 16.3. The molecule has 12 rings (SSSR count). The summed E-state index contributed by atoms with van der Waals surface area (Å²) in [4.78, 5) is 2.45. The number of furan rings is 1. The average Bonchev–Trinajstić information content (AvgIpc) is 3.83. The fourth-order valence-electron chi connectivity index (χ4n) is 10.2. The van der Waals surface area contributed by atoms with E-state index >= 15 is 0 Å². The van der Waals surface area contributed by atoms with Gasteiger partial charge < -0.3 is 9.32 Å². The van der Waals surface area contributed by atoms with E-state index in [1.807, 2.05) is 12.1 Å². The van der Waals surface area contributed by atoms with Crippen molar-refractivity contribution in [2.75, 3.05) is 4.90 Å². The Balaban J connectivity index is 1.05. The molecule has 0 bridgehead atoms. The number of hydrogen-bond acceptors (Lipinski definition) is 2. The zero-order valence-electron chi connectivity index (χ0n) is 35.2. The van der Waals surface area contributed by atoms with Crippen LogP contribution in [0.25, 0.3) is 88.3 Å². The highest BCUT2D eigenvalue weighted by molar-refractivity contribution is 6.10. The maximum Gasteiger partial charge on any atom is 0.136 e. The molecule has 298 valence electrons. The Labute approximate surface area is 368 Å². The average molecular weight is 806 g/mol. The summed E-state index contributed by atoms with van der Waals surface area (Å²) in [6.45, 7) is 4.70. The standard InChI is InChI=1S/C61H43NO/c1-61(2)54-26-10-6-21-48(54)49-36-32-43(38-55(49)61)40-30-34-45(35-31-40)62(56-27-11-7-20-46(56)44-33-37-52-51-23-9-13-29-58(51)63-59(52)39-44)57-28-12-8-22-50(57)53-25-15-19-42-18-14-24-47(60(42)53)41-16-4-3-5-17-41/h3-39H,1-2H3. The monoisotopic (exact) mass is 805 g/mol. The Hall–Kier alpha value is -7.94. The molecule has 0 saturated carbocycles. The van der Waals surface area contributed by atoms with E-state index in [1.54, 1.807) is 0 Å². The lowest BCUT2D eigenvalue weighted by Crippen LogP contribution is -2.14. The molecule has 0 amide bonds. The lowest BCUT2D eigenvalue weighted by atomic mass is 9.81. The van der Waals surface area contributed by atoms with Crippen molar-refractivity contribution in [3.05, 3.63) is 236 Å². The fraction of sp³-hybridized carbons (Fsp3) is 0.0492. The number of para-hydroxylation sites is 3. The second-order valence-electron chi connectivity index (χ2n) is 17.2. The summed E-state index contributed by atoms with van der Waals surface area (Å²) in [7, 11) is 0. The van der Waals surface area contributed by atoms with Crippen LogP contribution in [0.1, 0.15) is 25.0 Å². The zero-order valence-corrected chi connectivity index (χ0v) is 35.2. The van der Waals surface area contributed by atoms with Crippen molar-refractivity contribution >= 4 is 49.8 Å². The Bertz CT molecular complexity index is 3530. The van der Waals surface area contributed by atoms with Gasteiger partial charge in [-0.2, -0.15) is 0 Å². The molecule has 0 radical (unpaired) electrons. The molecule has 0 unspecified atom stereocenters. The maximum absolute atomic E-state index is 6.45. The van der Waals surface area contributed by atoms with E-state index in [9.17, 15) is 0 Å². The molecule has 1 heterocycles. The second kappa shape index (κ2) is 14.6. The lowest BCUT2D eigenvalue weighted by molar-refractivity contribution is 0.660. The zero-order chi connectivity index (χ0) is 42.1. The summed E-state index contributed by atoms with van der Waals surface area (Å²) in [5.74, 6) is 0. The summed E-state index contributed by atoms with van der Waals surface area (Å²) < 4.78 is 6.45. The summed E-state index contributed by atoms with van der Waals surface area (Å²) in [5.41, 5.74) is 19.8. The minimum Gasteiger partial charge on any atom is -0.456 e. The van der Waals surface area contributed by atoms with Gasteiger partial charge in [0.15, 0.2) is 0 Å². The third kappa shape index (κ3) is 6.02. The molecule has 1 aliphatic carbocycles. The van der Waals surface area contributed by atoms with Gasteiger partial charge in [-0.15, -0.1) is 0 Å². The normalized spacial score (nSPS) is 12.7. The van der Waals surface area contributed by atoms with Crippen LogP contribution in [0, 0.1) is 0 Å². The van der Waals surface area contributed by atoms with Gasteiger partial charge in [0.1, 0.15) is 11.2 Å². The Morgan fingerprint density at radius 2 is 0.937 bits per heavy atom. The first-order valence-electron chi connectivity index (χ1n) is 21.8. The van der Waals surface area contributed by atoms with Crippen molar-refractivity contribution in [3.63, 3.8) is 0 Å². The molecule has 11 aromatic rings. The Morgan fingerprint density at radius 1 is 0.349 bits per heavy atom. The van der Waals surface area contributed by atoms with Crippen LogP contribution in [0.15, 0.2) is 229 Å². The third-order valence-electron chi connectivity index (χ3n) is 13.3. The number of nitrogens with zero attached hydrogens (tertiary/aromatic N) is 1.